The van der Waals surface area contributed by atoms with Crippen LogP contribution in [0.4, 0.5) is 0 Å². The SMILES string of the molecule is CCC(=O)c1ccc(C(=O)N2CCC(NC)CC2)cc1. The number of benzene rings is 1. The van der Waals surface area contributed by atoms with Gasteiger partial charge in [-0.25, -0.2) is 0 Å². The van der Waals surface area contributed by atoms with Gasteiger partial charge in [-0.15, -0.1) is 0 Å². The Morgan fingerprint density at radius 3 is 2.20 bits per heavy atom. The molecule has 0 aliphatic carbocycles. The van der Waals surface area contributed by atoms with Gasteiger partial charge in [0.05, 0.1) is 0 Å². The van der Waals surface area contributed by atoms with Crippen molar-refractivity contribution in [3.05, 3.63) is 35.4 Å². The molecule has 0 radical (unpaired) electrons. The van der Waals surface area contributed by atoms with Crippen LogP contribution in [0, 0.1) is 0 Å². The zero-order valence-corrected chi connectivity index (χ0v) is 12.2. The Kier molecular flexibility index (Phi) is 4.90. The Labute approximate surface area is 120 Å². The molecule has 0 spiro atoms. The fourth-order valence-corrected chi connectivity index (χ4v) is 2.56. The molecule has 108 valence electrons. The Morgan fingerprint density at radius 1 is 1.15 bits per heavy atom. The number of hydrogen-bond acceptors (Lipinski definition) is 3. The predicted molar refractivity (Wildman–Crippen MR) is 79.0 cm³/mol. The molecule has 2 rings (SSSR count). The second-order valence-corrected chi connectivity index (χ2v) is 5.21. The van der Waals surface area contributed by atoms with Crippen molar-refractivity contribution in [3.63, 3.8) is 0 Å². The standard InChI is InChI=1S/C16H22N2O2/c1-3-15(19)12-4-6-13(7-5-12)16(20)18-10-8-14(17-2)9-11-18/h4-7,14,17H,3,8-11H2,1-2H3. The third kappa shape index (κ3) is 3.25. The number of carbonyl (C=O) groups excluding carboxylic acids is 2. The van der Waals surface area contributed by atoms with E-state index in [2.05, 4.69) is 5.32 Å². The van der Waals surface area contributed by atoms with E-state index < -0.39 is 0 Å². The summed E-state index contributed by atoms with van der Waals surface area (Å²) in [7, 11) is 1.96. The maximum atomic E-state index is 12.4. The predicted octanol–water partition coefficient (Wildman–Crippen LogP) is 2.10. The lowest BCUT2D eigenvalue weighted by atomic mass is 10.0. The summed E-state index contributed by atoms with van der Waals surface area (Å²) in [5, 5.41) is 3.25. The lowest BCUT2D eigenvalue weighted by Crippen LogP contribution is -2.43. The van der Waals surface area contributed by atoms with Crippen LogP contribution in [0.5, 0.6) is 0 Å². The van der Waals surface area contributed by atoms with E-state index in [1.807, 2.05) is 18.9 Å². The minimum atomic E-state index is 0.0649. The zero-order chi connectivity index (χ0) is 14.5. The minimum absolute atomic E-state index is 0.0649. The van der Waals surface area contributed by atoms with E-state index in [4.69, 9.17) is 0 Å². The number of amides is 1. The normalized spacial score (nSPS) is 16.2. The average molecular weight is 274 g/mol. The summed E-state index contributed by atoms with van der Waals surface area (Å²) in [6.45, 7) is 3.42. The van der Waals surface area contributed by atoms with Gasteiger partial charge in [0.15, 0.2) is 5.78 Å². The van der Waals surface area contributed by atoms with Gasteiger partial charge in [-0.2, -0.15) is 0 Å². The van der Waals surface area contributed by atoms with Gasteiger partial charge in [0.2, 0.25) is 0 Å². The van der Waals surface area contributed by atoms with Gasteiger partial charge in [0, 0.05) is 36.7 Å². The number of carbonyl (C=O) groups is 2. The highest BCUT2D eigenvalue weighted by Crippen LogP contribution is 2.15. The molecule has 0 atom stereocenters. The van der Waals surface area contributed by atoms with Crippen molar-refractivity contribution in [1.82, 2.24) is 10.2 Å². The summed E-state index contributed by atoms with van der Waals surface area (Å²) >= 11 is 0. The summed E-state index contributed by atoms with van der Waals surface area (Å²) in [6.07, 6.45) is 2.48. The van der Waals surface area contributed by atoms with E-state index in [0.29, 0.717) is 23.6 Å². The number of likely N-dealkylation sites (tertiary alicyclic amines) is 1. The number of nitrogens with zero attached hydrogens (tertiary/aromatic N) is 1. The van der Waals surface area contributed by atoms with Gasteiger partial charge < -0.3 is 10.2 Å². The first-order valence-electron chi connectivity index (χ1n) is 7.25. The average Bonchev–Trinajstić information content (AvgIpc) is 2.53. The maximum absolute atomic E-state index is 12.4. The van der Waals surface area contributed by atoms with Crippen molar-refractivity contribution < 1.29 is 9.59 Å². The first-order valence-corrected chi connectivity index (χ1v) is 7.25. The molecule has 4 heteroatoms. The third-order valence-electron chi connectivity index (χ3n) is 3.97. The van der Waals surface area contributed by atoms with E-state index >= 15 is 0 Å². The lowest BCUT2D eigenvalue weighted by molar-refractivity contribution is 0.0707. The molecule has 1 aliphatic rings. The maximum Gasteiger partial charge on any atom is 0.253 e. The molecular formula is C16H22N2O2. The largest absolute Gasteiger partial charge is 0.339 e. The van der Waals surface area contributed by atoms with Crippen LogP contribution in [0.3, 0.4) is 0 Å². The molecule has 4 nitrogen and oxygen atoms in total. The molecule has 0 aromatic heterocycles. The molecule has 20 heavy (non-hydrogen) atoms. The first kappa shape index (κ1) is 14.7. The van der Waals surface area contributed by atoms with Crippen LogP contribution in [-0.4, -0.2) is 42.8 Å². The van der Waals surface area contributed by atoms with Crippen LogP contribution in [-0.2, 0) is 0 Å². The van der Waals surface area contributed by atoms with E-state index in [-0.39, 0.29) is 11.7 Å². The van der Waals surface area contributed by atoms with Crippen LogP contribution in [0.1, 0.15) is 46.9 Å². The molecule has 0 saturated carbocycles. The molecule has 1 aromatic carbocycles. The molecule has 1 fully saturated rings. The van der Waals surface area contributed by atoms with Crippen molar-refractivity contribution in [2.75, 3.05) is 20.1 Å². The Bertz CT molecular complexity index is 474. The number of rotatable bonds is 4. The summed E-state index contributed by atoms with van der Waals surface area (Å²) in [5.74, 6) is 0.175. The molecule has 1 N–H and O–H groups in total. The van der Waals surface area contributed by atoms with Gasteiger partial charge in [0.1, 0.15) is 0 Å². The minimum Gasteiger partial charge on any atom is -0.339 e. The fourth-order valence-electron chi connectivity index (χ4n) is 2.56. The molecule has 1 heterocycles. The van der Waals surface area contributed by atoms with Crippen LogP contribution >= 0.6 is 0 Å². The fraction of sp³-hybridized carbons (Fsp3) is 0.500. The second kappa shape index (κ2) is 6.66. The van der Waals surface area contributed by atoms with Gasteiger partial charge in [0.25, 0.3) is 5.91 Å². The quantitative estimate of drug-likeness (QED) is 0.855. The monoisotopic (exact) mass is 274 g/mol. The third-order valence-corrected chi connectivity index (χ3v) is 3.97. The molecule has 1 amide bonds. The Balaban J connectivity index is 2.01. The molecule has 1 aliphatic heterocycles. The number of piperidine rings is 1. The second-order valence-electron chi connectivity index (χ2n) is 5.21. The van der Waals surface area contributed by atoms with Crippen molar-refractivity contribution >= 4 is 11.7 Å². The van der Waals surface area contributed by atoms with Crippen LogP contribution in [0.15, 0.2) is 24.3 Å². The van der Waals surface area contributed by atoms with Crippen molar-refractivity contribution in [3.8, 4) is 0 Å². The Morgan fingerprint density at radius 2 is 1.70 bits per heavy atom. The van der Waals surface area contributed by atoms with E-state index in [1.165, 1.54) is 0 Å². The first-order chi connectivity index (χ1) is 9.65. The summed E-state index contributed by atoms with van der Waals surface area (Å²) in [4.78, 5) is 25.8. The molecule has 1 saturated heterocycles. The highest BCUT2D eigenvalue weighted by Gasteiger charge is 2.22. The summed E-state index contributed by atoms with van der Waals surface area (Å²) in [5.41, 5.74) is 1.35. The van der Waals surface area contributed by atoms with Crippen molar-refractivity contribution in [1.29, 1.82) is 0 Å². The highest BCUT2D eigenvalue weighted by atomic mass is 16.2. The van der Waals surface area contributed by atoms with Crippen LogP contribution < -0.4 is 5.32 Å². The highest BCUT2D eigenvalue weighted by molar-refractivity contribution is 5.98. The van der Waals surface area contributed by atoms with Crippen molar-refractivity contribution in [2.24, 2.45) is 0 Å². The van der Waals surface area contributed by atoms with E-state index in [1.54, 1.807) is 24.3 Å². The van der Waals surface area contributed by atoms with Gasteiger partial charge in [-0.3, -0.25) is 9.59 Å². The number of nitrogens with one attached hydrogen (secondary N) is 1. The lowest BCUT2D eigenvalue weighted by Gasteiger charge is -2.31. The summed E-state index contributed by atoms with van der Waals surface area (Å²) < 4.78 is 0. The van der Waals surface area contributed by atoms with Gasteiger partial charge in [-0.05, 0) is 32.0 Å². The topological polar surface area (TPSA) is 49.4 Å². The number of hydrogen-bond donors (Lipinski definition) is 1. The number of ketones is 1. The van der Waals surface area contributed by atoms with E-state index in [0.717, 1.165) is 25.9 Å². The van der Waals surface area contributed by atoms with E-state index in [9.17, 15) is 9.59 Å². The molecule has 0 bridgehead atoms. The summed E-state index contributed by atoms with van der Waals surface area (Å²) in [6, 6.07) is 7.53. The van der Waals surface area contributed by atoms with Gasteiger partial charge in [-0.1, -0.05) is 19.1 Å². The molecule has 1 aromatic rings. The zero-order valence-electron chi connectivity index (χ0n) is 12.2. The number of Topliss-reactive ketones (excluding diaryl/α,β-unsaturated/α-hetero) is 1. The van der Waals surface area contributed by atoms with Crippen LogP contribution in [0.25, 0.3) is 0 Å². The smallest absolute Gasteiger partial charge is 0.253 e. The van der Waals surface area contributed by atoms with Crippen molar-refractivity contribution in [2.45, 2.75) is 32.2 Å². The molecular weight excluding hydrogens is 252 g/mol. The Hall–Kier alpha value is -1.68. The van der Waals surface area contributed by atoms with Gasteiger partial charge >= 0.3 is 0 Å². The molecule has 0 unspecified atom stereocenters. The van der Waals surface area contributed by atoms with Crippen LogP contribution in [0.2, 0.25) is 0 Å².